The maximum Gasteiger partial charge on any atom is 0.333 e. The zero-order valence-corrected chi connectivity index (χ0v) is 12.7. The maximum absolute atomic E-state index is 12.0. The molecule has 0 radical (unpaired) electrons. The third-order valence-corrected chi connectivity index (χ3v) is 3.21. The summed E-state index contributed by atoms with van der Waals surface area (Å²) in [5.41, 5.74) is 2.82. The minimum Gasteiger partial charge on any atom is -0.467 e. The van der Waals surface area contributed by atoms with E-state index >= 15 is 0 Å². The van der Waals surface area contributed by atoms with Gasteiger partial charge in [0.15, 0.2) is 6.04 Å². The molecule has 0 aliphatic carbocycles. The second-order valence-electron chi connectivity index (χ2n) is 5.01. The van der Waals surface area contributed by atoms with E-state index in [1.165, 1.54) is 7.11 Å². The van der Waals surface area contributed by atoms with E-state index in [0.29, 0.717) is 0 Å². The van der Waals surface area contributed by atoms with Crippen LogP contribution in [0.5, 0.6) is 0 Å². The van der Waals surface area contributed by atoms with Gasteiger partial charge in [-0.05, 0) is 31.0 Å². The molecule has 0 spiro atoms. The third-order valence-electron chi connectivity index (χ3n) is 3.21. The molecule has 0 aliphatic rings. The number of ether oxygens (including phenoxy) is 1. The van der Waals surface area contributed by atoms with Crippen LogP contribution in [0.2, 0.25) is 0 Å². The highest BCUT2D eigenvalue weighted by Crippen LogP contribution is 2.21. The number of hydrogen-bond acceptors (Lipinski definition) is 4. The molecule has 1 atom stereocenters. The van der Waals surface area contributed by atoms with Gasteiger partial charge in [0.2, 0.25) is 0 Å². The smallest absolute Gasteiger partial charge is 0.333 e. The van der Waals surface area contributed by atoms with Crippen LogP contribution < -0.4 is 5.32 Å². The molecule has 5 heteroatoms. The van der Waals surface area contributed by atoms with Gasteiger partial charge in [-0.2, -0.15) is 5.10 Å². The Morgan fingerprint density at radius 1 is 1.48 bits per heavy atom. The van der Waals surface area contributed by atoms with Crippen LogP contribution in [0.25, 0.3) is 0 Å². The van der Waals surface area contributed by atoms with Gasteiger partial charge in [0.05, 0.1) is 13.3 Å². The number of aromatic nitrogens is 2. The molecule has 0 saturated heterocycles. The summed E-state index contributed by atoms with van der Waals surface area (Å²) in [5, 5.41) is 7.49. The standard InChI is InChI=1S/C16H21N3O2/c1-4-8-19-11-13(10-17-19)15(16(20)21-3)18-14-7-5-6-12(2)9-14/h5-7,9-11,15,18H,4,8H2,1-3H3. The van der Waals surface area contributed by atoms with Crippen LogP contribution in [0.15, 0.2) is 36.7 Å². The van der Waals surface area contributed by atoms with Crippen molar-refractivity contribution in [2.75, 3.05) is 12.4 Å². The zero-order chi connectivity index (χ0) is 15.2. The van der Waals surface area contributed by atoms with Gasteiger partial charge in [0, 0.05) is 24.0 Å². The van der Waals surface area contributed by atoms with Gasteiger partial charge < -0.3 is 10.1 Å². The molecule has 1 aromatic carbocycles. The molecule has 2 aromatic rings. The Hall–Kier alpha value is -2.30. The molecular formula is C16H21N3O2. The van der Waals surface area contributed by atoms with Crippen molar-refractivity contribution in [1.29, 1.82) is 0 Å². The van der Waals surface area contributed by atoms with Gasteiger partial charge in [0.1, 0.15) is 0 Å². The number of anilines is 1. The predicted molar refractivity (Wildman–Crippen MR) is 82.1 cm³/mol. The third kappa shape index (κ3) is 3.84. The fourth-order valence-corrected chi connectivity index (χ4v) is 2.18. The molecule has 5 nitrogen and oxygen atoms in total. The summed E-state index contributed by atoms with van der Waals surface area (Å²) < 4.78 is 6.74. The van der Waals surface area contributed by atoms with Crippen molar-refractivity contribution >= 4 is 11.7 Å². The molecular weight excluding hydrogens is 266 g/mol. The van der Waals surface area contributed by atoms with Crippen molar-refractivity contribution in [1.82, 2.24) is 9.78 Å². The first-order valence-electron chi connectivity index (χ1n) is 7.07. The van der Waals surface area contributed by atoms with E-state index in [9.17, 15) is 4.79 Å². The van der Waals surface area contributed by atoms with Crippen molar-refractivity contribution in [3.05, 3.63) is 47.8 Å². The Kier molecular flexibility index (Phi) is 4.98. The summed E-state index contributed by atoms with van der Waals surface area (Å²) in [6, 6.07) is 7.33. The van der Waals surface area contributed by atoms with Crippen molar-refractivity contribution < 1.29 is 9.53 Å². The molecule has 1 aromatic heterocycles. The number of methoxy groups -OCH3 is 1. The van der Waals surface area contributed by atoms with Crippen LogP contribution >= 0.6 is 0 Å². The summed E-state index contributed by atoms with van der Waals surface area (Å²) in [6.45, 7) is 4.93. The van der Waals surface area contributed by atoms with E-state index in [0.717, 1.165) is 29.8 Å². The minimum absolute atomic E-state index is 0.326. The average molecular weight is 287 g/mol. The van der Waals surface area contributed by atoms with E-state index < -0.39 is 6.04 Å². The molecule has 1 unspecified atom stereocenters. The average Bonchev–Trinajstić information content (AvgIpc) is 2.93. The van der Waals surface area contributed by atoms with E-state index in [1.54, 1.807) is 6.20 Å². The predicted octanol–water partition coefficient (Wildman–Crippen LogP) is 2.93. The number of carbonyl (C=O) groups is 1. The first-order valence-corrected chi connectivity index (χ1v) is 7.07. The summed E-state index contributed by atoms with van der Waals surface area (Å²) in [5.74, 6) is -0.326. The minimum atomic E-state index is -0.553. The molecule has 0 amide bonds. The number of benzene rings is 1. The monoisotopic (exact) mass is 287 g/mol. The second-order valence-corrected chi connectivity index (χ2v) is 5.01. The van der Waals surface area contributed by atoms with Crippen LogP contribution in [0, 0.1) is 6.92 Å². The molecule has 0 saturated carbocycles. The Bertz CT molecular complexity index is 607. The maximum atomic E-state index is 12.0. The number of hydrogen-bond donors (Lipinski definition) is 1. The first-order chi connectivity index (χ1) is 10.1. The van der Waals surface area contributed by atoms with Gasteiger partial charge >= 0.3 is 5.97 Å². The number of aryl methyl sites for hydroxylation is 2. The van der Waals surface area contributed by atoms with Crippen molar-refractivity contribution in [3.8, 4) is 0 Å². The van der Waals surface area contributed by atoms with E-state index in [-0.39, 0.29) is 5.97 Å². The lowest BCUT2D eigenvalue weighted by Crippen LogP contribution is -2.22. The SMILES string of the molecule is CCCn1cc(C(Nc2cccc(C)c2)C(=O)OC)cn1. The largest absolute Gasteiger partial charge is 0.467 e. The number of nitrogens with one attached hydrogen (secondary N) is 1. The van der Waals surface area contributed by atoms with Crippen LogP contribution in [-0.2, 0) is 16.1 Å². The lowest BCUT2D eigenvalue weighted by atomic mass is 10.1. The lowest BCUT2D eigenvalue weighted by molar-refractivity contribution is -0.141. The quantitative estimate of drug-likeness (QED) is 0.830. The Morgan fingerprint density at radius 3 is 2.95 bits per heavy atom. The Balaban J connectivity index is 2.23. The van der Waals surface area contributed by atoms with Gasteiger partial charge in [-0.3, -0.25) is 4.68 Å². The molecule has 0 bridgehead atoms. The highest BCUT2D eigenvalue weighted by Gasteiger charge is 2.23. The molecule has 2 rings (SSSR count). The Morgan fingerprint density at radius 2 is 2.29 bits per heavy atom. The summed E-state index contributed by atoms with van der Waals surface area (Å²) in [4.78, 5) is 12.0. The second kappa shape index (κ2) is 6.92. The van der Waals surface area contributed by atoms with Crippen LogP contribution in [-0.4, -0.2) is 22.9 Å². The van der Waals surface area contributed by atoms with E-state index in [1.807, 2.05) is 42.1 Å². The number of esters is 1. The molecule has 21 heavy (non-hydrogen) atoms. The highest BCUT2D eigenvalue weighted by molar-refractivity contribution is 5.80. The van der Waals surface area contributed by atoms with Crippen LogP contribution in [0.3, 0.4) is 0 Å². The van der Waals surface area contributed by atoms with Gasteiger partial charge in [-0.25, -0.2) is 4.79 Å². The molecule has 1 heterocycles. The van der Waals surface area contributed by atoms with Crippen LogP contribution in [0.4, 0.5) is 5.69 Å². The highest BCUT2D eigenvalue weighted by atomic mass is 16.5. The van der Waals surface area contributed by atoms with Crippen molar-refractivity contribution in [2.45, 2.75) is 32.9 Å². The number of nitrogens with zero attached hydrogens (tertiary/aromatic N) is 2. The number of carbonyl (C=O) groups excluding carboxylic acids is 1. The molecule has 0 fully saturated rings. The zero-order valence-electron chi connectivity index (χ0n) is 12.7. The fraction of sp³-hybridized carbons (Fsp3) is 0.375. The lowest BCUT2D eigenvalue weighted by Gasteiger charge is -2.16. The number of rotatable bonds is 6. The molecule has 0 aliphatic heterocycles. The summed E-state index contributed by atoms with van der Waals surface area (Å²) in [6.07, 6.45) is 4.59. The van der Waals surface area contributed by atoms with Gasteiger partial charge in [-0.15, -0.1) is 0 Å². The topological polar surface area (TPSA) is 56.2 Å². The van der Waals surface area contributed by atoms with Crippen molar-refractivity contribution in [3.63, 3.8) is 0 Å². The van der Waals surface area contributed by atoms with Crippen LogP contribution in [0.1, 0.15) is 30.5 Å². The van der Waals surface area contributed by atoms with Gasteiger partial charge in [0.25, 0.3) is 0 Å². The van der Waals surface area contributed by atoms with E-state index in [4.69, 9.17) is 4.74 Å². The summed E-state index contributed by atoms with van der Waals surface area (Å²) in [7, 11) is 1.39. The first kappa shape index (κ1) is 15.1. The van der Waals surface area contributed by atoms with Gasteiger partial charge in [-0.1, -0.05) is 19.1 Å². The normalized spacial score (nSPS) is 12.0. The fourth-order valence-electron chi connectivity index (χ4n) is 2.18. The van der Waals surface area contributed by atoms with Crippen molar-refractivity contribution in [2.24, 2.45) is 0 Å². The van der Waals surface area contributed by atoms with E-state index in [2.05, 4.69) is 17.3 Å². The molecule has 1 N–H and O–H groups in total. The Labute approximate surface area is 124 Å². The molecule has 112 valence electrons. The summed E-state index contributed by atoms with van der Waals surface area (Å²) >= 11 is 0.